The number of unbranched alkanes of at least 4 members (excludes halogenated alkanes) is 2. The predicted molar refractivity (Wildman–Crippen MR) is 68.7 cm³/mol. The Morgan fingerprint density at radius 1 is 1.19 bits per heavy atom. The second-order valence-electron chi connectivity index (χ2n) is 3.80. The van der Waals surface area contributed by atoms with Crippen LogP contribution in [0.3, 0.4) is 0 Å². The normalized spacial score (nSPS) is 10.1. The van der Waals surface area contributed by atoms with E-state index < -0.39 is 0 Å². The number of hydrogen-bond acceptors (Lipinski definition) is 2. The lowest BCUT2D eigenvalue weighted by atomic mass is 10.1. The highest BCUT2D eigenvalue weighted by molar-refractivity contribution is 5.34. The SMILES string of the molecule is C=CCc1ccccc1OCCCCCN. The van der Waals surface area contributed by atoms with E-state index in [1.54, 1.807) is 0 Å². The van der Waals surface area contributed by atoms with Crippen LogP contribution in [0.25, 0.3) is 0 Å². The molecule has 0 atom stereocenters. The van der Waals surface area contributed by atoms with Gasteiger partial charge in [0.05, 0.1) is 6.61 Å². The number of para-hydroxylation sites is 1. The first kappa shape index (κ1) is 12.8. The molecule has 2 nitrogen and oxygen atoms in total. The Balaban J connectivity index is 2.37. The average molecular weight is 219 g/mol. The van der Waals surface area contributed by atoms with Gasteiger partial charge in [-0.2, -0.15) is 0 Å². The lowest BCUT2D eigenvalue weighted by Gasteiger charge is -2.09. The van der Waals surface area contributed by atoms with Gasteiger partial charge in [0.2, 0.25) is 0 Å². The van der Waals surface area contributed by atoms with Gasteiger partial charge in [-0.15, -0.1) is 6.58 Å². The van der Waals surface area contributed by atoms with Crippen molar-refractivity contribution in [3.63, 3.8) is 0 Å². The average Bonchev–Trinajstić information content (AvgIpc) is 2.31. The summed E-state index contributed by atoms with van der Waals surface area (Å²) in [4.78, 5) is 0. The van der Waals surface area contributed by atoms with E-state index in [1.807, 2.05) is 24.3 Å². The van der Waals surface area contributed by atoms with E-state index in [4.69, 9.17) is 10.5 Å². The molecular formula is C14H21NO. The first-order valence-corrected chi connectivity index (χ1v) is 5.90. The maximum atomic E-state index is 5.75. The predicted octanol–water partition coefficient (Wildman–Crippen LogP) is 2.92. The minimum absolute atomic E-state index is 0.771. The van der Waals surface area contributed by atoms with Crippen LogP contribution in [-0.4, -0.2) is 13.2 Å². The van der Waals surface area contributed by atoms with E-state index in [0.717, 1.165) is 44.6 Å². The summed E-state index contributed by atoms with van der Waals surface area (Å²) in [6, 6.07) is 8.13. The van der Waals surface area contributed by atoms with Crippen LogP contribution < -0.4 is 10.5 Å². The zero-order valence-corrected chi connectivity index (χ0v) is 9.82. The van der Waals surface area contributed by atoms with Gasteiger partial charge in [0, 0.05) is 0 Å². The van der Waals surface area contributed by atoms with E-state index in [9.17, 15) is 0 Å². The molecule has 1 aromatic rings. The molecule has 0 aliphatic carbocycles. The third-order valence-corrected chi connectivity index (χ3v) is 2.44. The highest BCUT2D eigenvalue weighted by Gasteiger charge is 2.00. The van der Waals surface area contributed by atoms with Crippen molar-refractivity contribution >= 4 is 0 Å². The van der Waals surface area contributed by atoms with E-state index >= 15 is 0 Å². The molecule has 0 radical (unpaired) electrons. The van der Waals surface area contributed by atoms with Gasteiger partial charge in [0.15, 0.2) is 0 Å². The summed E-state index contributed by atoms with van der Waals surface area (Å²) in [7, 11) is 0. The van der Waals surface area contributed by atoms with Gasteiger partial charge in [-0.25, -0.2) is 0 Å². The minimum Gasteiger partial charge on any atom is -0.493 e. The topological polar surface area (TPSA) is 35.2 Å². The fourth-order valence-corrected chi connectivity index (χ4v) is 1.57. The molecule has 2 heteroatoms. The first-order valence-electron chi connectivity index (χ1n) is 5.90. The Bertz CT molecular complexity index is 309. The second-order valence-corrected chi connectivity index (χ2v) is 3.80. The largest absolute Gasteiger partial charge is 0.493 e. The summed E-state index contributed by atoms with van der Waals surface area (Å²) < 4.78 is 5.75. The molecule has 0 aliphatic rings. The zero-order valence-electron chi connectivity index (χ0n) is 9.82. The molecule has 0 amide bonds. The van der Waals surface area contributed by atoms with Gasteiger partial charge in [-0.3, -0.25) is 0 Å². The maximum Gasteiger partial charge on any atom is 0.122 e. The third-order valence-electron chi connectivity index (χ3n) is 2.44. The zero-order chi connectivity index (χ0) is 11.6. The van der Waals surface area contributed by atoms with E-state index in [-0.39, 0.29) is 0 Å². The van der Waals surface area contributed by atoms with Gasteiger partial charge in [-0.1, -0.05) is 24.3 Å². The lowest BCUT2D eigenvalue weighted by Crippen LogP contribution is -2.02. The van der Waals surface area contributed by atoms with Crippen molar-refractivity contribution < 1.29 is 4.74 Å². The summed E-state index contributed by atoms with van der Waals surface area (Å²) in [5.74, 6) is 0.982. The third kappa shape index (κ3) is 4.49. The van der Waals surface area contributed by atoms with Crippen LogP contribution in [0.4, 0.5) is 0 Å². The summed E-state index contributed by atoms with van der Waals surface area (Å²) in [6.07, 6.45) is 6.05. The van der Waals surface area contributed by atoms with Crippen molar-refractivity contribution in [3.8, 4) is 5.75 Å². The number of benzene rings is 1. The van der Waals surface area contributed by atoms with Crippen LogP contribution in [0.15, 0.2) is 36.9 Å². The molecule has 0 saturated heterocycles. The number of ether oxygens (including phenoxy) is 1. The summed E-state index contributed by atoms with van der Waals surface area (Å²) >= 11 is 0. The molecule has 0 spiro atoms. The van der Waals surface area contributed by atoms with Gasteiger partial charge in [0.25, 0.3) is 0 Å². The van der Waals surface area contributed by atoms with Crippen LogP contribution in [-0.2, 0) is 6.42 Å². The summed E-state index contributed by atoms with van der Waals surface area (Å²) in [5, 5.41) is 0. The molecule has 88 valence electrons. The van der Waals surface area contributed by atoms with Crippen molar-refractivity contribution in [2.24, 2.45) is 5.73 Å². The first-order chi connectivity index (χ1) is 7.88. The molecule has 1 aromatic carbocycles. The van der Waals surface area contributed by atoms with Crippen molar-refractivity contribution in [1.29, 1.82) is 0 Å². The number of nitrogens with two attached hydrogens (primary N) is 1. The molecule has 16 heavy (non-hydrogen) atoms. The summed E-state index contributed by atoms with van der Waals surface area (Å²) in [6.45, 7) is 5.29. The van der Waals surface area contributed by atoms with Gasteiger partial charge in [-0.05, 0) is 43.9 Å². The van der Waals surface area contributed by atoms with Crippen molar-refractivity contribution in [3.05, 3.63) is 42.5 Å². The van der Waals surface area contributed by atoms with E-state index in [2.05, 4.69) is 12.6 Å². The molecule has 1 rings (SSSR count). The summed E-state index contributed by atoms with van der Waals surface area (Å²) in [5.41, 5.74) is 6.64. The quantitative estimate of drug-likeness (QED) is 0.539. The Labute approximate surface area is 98.1 Å². The van der Waals surface area contributed by atoms with Gasteiger partial charge < -0.3 is 10.5 Å². The van der Waals surface area contributed by atoms with Crippen LogP contribution in [0, 0.1) is 0 Å². The fourth-order valence-electron chi connectivity index (χ4n) is 1.57. The van der Waals surface area contributed by atoms with Crippen LogP contribution >= 0.6 is 0 Å². The van der Waals surface area contributed by atoms with Gasteiger partial charge in [0.1, 0.15) is 5.75 Å². The molecule has 0 bridgehead atoms. The van der Waals surface area contributed by atoms with Crippen LogP contribution in [0.5, 0.6) is 5.75 Å². The van der Waals surface area contributed by atoms with Gasteiger partial charge >= 0.3 is 0 Å². The number of allylic oxidation sites excluding steroid dienone is 1. The monoisotopic (exact) mass is 219 g/mol. The van der Waals surface area contributed by atoms with Crippen LogP contribution in [0.2, 0.25) is 0 Å². The molecule has 0 heterocycles. The van der Waals surface area contributed by atoms with E-state index in [0.29, 0.717) is 0 Å². The molecule has 0 unspecified atom stereocenters. The standard InChI is InChI=1S/C14H21NO/c1-2-8-13-9-4-5-10-14(13)16-12-7-3-6-11-15/h2,4-5,9-10H,1,3,6-8,11-12,15H2. The highest BCUT2D eigenvalue weighted by atomic mass is 16.5. The number of hydrogen-bond donors (Lipinski definition) is 1. The second kappa shape index (κ2) is 7.94. The molecule has 0 saturated carbocycles. The maximum absolute atomic E-state index is 5.75. The Kier molecular flexibility index (Phi) is 6.35. The van der Waals surface area contributed by atoms with Crippen LogP contribution in [0.1, 0.15) is 24.8 Å². The Morgan fingerprint density at radius 3 is 2.75 bits per heavy atom. The molecule has 0 fully saturated rings. The van der Waals surface area contributed by atoms with Crippen molar-refractivity contribution in [2.75, 3.05) is 13.2 Å². The molecule has 0 aromatic heterocycles. The number of rotatable bonds is 8. The van der Waals surface area contributed by atoms with E-state index in [1.165, 1.54) is 5.56 Å². The minimum atomic E-state index is 0.771. The van der Waals surface area contributed by atoms with Crippen molar-refractivity contribution in [2.45, 2.75) is 25.7 Å². The smallest absolute Gasteiger partial charge is 0.122 e. The fraction of sp³-hybridized carbons (Fsp3) is 0.429. The Hall–Kier alpha value is -1.28. The molecule has 0 aliphatic heterocycles. The highest BCUT2D eigenvalue weighted by Crippen LogP contribution is 2.19. The Morgan fingerprint density at radius 2 is 2.00 bits per heavy atom. The van der Waals surface area contributed by atoms with Crippen molar-refractivity contribution in [1.82, 2.24) is 0 Å². The molecule has 2 N–H and O–H groups in total. The molecular weight excluding hydrogens is 198 g/mol. The lowest BCUT2D eigenvalue weighted by molar-refractivity contribution is 0.303.